The number of ether oxygens (including phenoxy) is 1. The van der Waals surface area contributed by atoms with Crippen LogP contribution in [0.15, 0.2) is 21.2 Å². The molecule has 96 valence electrons. The standard InChI is InChI=1S/C12H13BrN2O3/c13-11-5-8-10(18-11)4-9(15-8)12(16)14-6-7-2-1-3-17-7/h4-5,7,15H,1-3,6H2,(H,14,16). The van der Waals surface area contributed by atoms with Crippen LogP contribution < -0.4 is 5.32 Å². The monoisotopic (exact) mass is 312 g/mol. The number of fused-ring (bicyclic) bond motifs is 1. The average Bonchev–Trinajstić information content (AvgIpc) is 3.00. The molecule has 0 aromatic carbocycles. The number of hydrogen-bond acceptors (Lipinski definition) is 3. The topological polar surface area (TPSA) is 67.3 Å². The molecule has 2 N–H and O–H groups in total. The second-order valence-corrected chi connectivity index (χ2v) is 5.14. The zero-order valence-corrected chi connectivity index (χ0v) is 11.2. The molecule has 1 fully saturated rings. The van der Waals surface area contributed by atoms with Crippen LogP contribution >= 0.6 is 15.9 Å². The van der Waals surface area contributed by atoms with Crippen molar-refractivity contribution in [3.63, 3.8) is 0 Å². The van der Waals surface area contributed by atoms with E-state index in [1.165, 1.54) is 0 Å². The van der Waals surface area contributed by atoms with Crippen molar-refractivity contribution in [1.29, 1.82) is 0 Å². The number of amides is 1. The SMILES string of the molecule is O=C(NCC1CCCO1)c1cc2oc(Br)cc2[nH]1. The van der Waals surface area contributed by atoms with Crippen LogP contribution in [0.1, 0.15) is 23.3 Å². The average molecular weight is 313 g/mol. The Morgan fingerprint density at radius 2 is 2.44 bits per heavy atom. The van der Waals surface area contributed by atoms with Crippen LogP contribution in [0.4, 0.5) is 0 Å². The molecule has 1 saturated heterocycles. The molecule has 2 aromatic heterocycles. The van der Waals surface area contributed by atoms with E-state index in [1.54, 1.807) is 12.1 Å². The summed E-state index contributed by atoms with van der Waals surface area (Å²) in [4.78, 5) is 14.9. The van der Waals surface area contributed by atoms with Gasteiger partial charge >= 0.3 is 0 Å². The van der Waals surface area contributed by atoms with E-state index in [1.807, 2.05) is 0 Å². The van der Waals surface area contributed by atoms with Gasteiger partial charge in [0, 0.05) is 25.3 Å². The predicted molar refractivity (Wildman–Crippen MR) is 69.6 cm³/mol. The number of furan rings is 1. The summed E-state index contributed by atoms with van der Waals surface area (Å²) in [6, 6.07) is 3.50. The molecule has 0 bridgehead atoms. The minimum absolute atomic E-state index is 0.131. The Hall–Kier alpha value is -1.27. The minimum Gasteiger partial charge on any atom is -0.448 e. The molecule has 1 atom stereocenters. The van der Waals surface area contributed by atoms with Gasteiger partial charge in [-0.3, -0.25) is 4.79 Å². The minimum atomic E-state index is -0.131. The van der Waals surface area contributed by atoms with Gasteiger partial charge in [0.15, 0.2) is 10.3 Å². The summed E-state index contributed by atoms with van der Waals surface area (Å²) in [6.07, 6.45) is 2.24. The van der Waals surface area contributed by atoms with Gasteiger partial charge in [-0.05, 0) is 28.8 Å². The molecule has 2 aromatic rings. The first-order valence-corrected chi connectivity index (χ1v) is 6.69. The Morgan fingerprint density at radius 3 is 3.17 bits per heavy atom. The van der Waals surface area contributed by atoms with Gasteiger partial charge in [0.1, 0.15) is 5.69 Å². The van der Waals surface area contributed by atoms with Gasteiger partial charge in [-0.2, -0.15) is 0 Å². The number of H-pyrrole nitrogens is 1. The molecule has 0 aliphatic carbocycles. The van der Waals surface area contributed by atoms with E-state index < -0.39 is 0 Å². The second-order valence-electron chi connectivity index (χ2n) is 4.36. The largest absolute Gasteiger partial charge is 0.448 e. The first kappa shape index (κ1) is 11.8. The van der Waals surface area contributed by atoms with Gasteiger partial charge in [0.2, 0.25) is 0 Å². The number of aromatic amines is 1. The number of carbonyl (C=O) groups excluding carboxylic acids is 1. The Kier molecular flexibility index (Phi) is 3.13. The van der Waals surface area contributed by atoms with E-state index in [-0.39, 0.29) is 12.0 Å². The number of nitrogens with one attached hydrogen (secondary N) is 2. The molecule has 0 saturated carbocycles. The third kappa shape index (κ3) is 2.30. The molecule has 3 heterocycles. The van der Waals surface area contributed by atoms with Gasteiger partial charge in [0.05, 0.1) is 11.6 Å². The van der Waals surface area contributed by atoms with Crippen molar-refractivity contribution in [3.8, 4) is 0 Å². The van der Waals surface area contributed by atoms with Crippen LogP contribution in [0.5, 0.6) is 0 Å². The van der Waals surface area contributed by atoms with E-state index in [2.05, 4.69) is 26.2 Å². The summed E-state index contributed by atoms with van der Waals surface area (Å²) >= 11 is 3.24. The van der Waals surface area contributed by atoms with Crippen LogP contribution in [0.25, 0.3) is 11.1 Å². The van der Waals surface area contributed by atoms with E-state index >= 15 is 0 Å². The maximum Gasteiger partial charge on any atom is 0.267 e. The normalized spacial score (nSPS) is 19.5. The summed E-state index contributed by atoms with van der Waals surface area (Å²) in [6.45, 7) is 1.35. The zero-order valence-electron chi connectivity index (χ0n) is 9.66. The third-order valence-corrected chi connectivity index (χ3v) is 3.43. The highest BCUT2D eigenvalue weighted by Gasteiger charge is 2.18. The van der Waals surface area contributed by atoms with E-state index in [9.17, 15) is 4.79 Å². The highest BCUT2D eigenvalue weighted by Crippen LogP contribution is 2.23. The smallest absolute Gasteiger partial charge is 0.267 e. The Balaban J connectivity index is 1.65. The molecular formula is C12H13BrN2O3. The molecule has 0 radical (unpaired) electrons. The number of hydrogen-bond donors (Lipinski definition) is 2. The van der Waals surface area contributed by atoms with Gasteiger partial charge in [0.25, 0.3) is 5.91 Å². The van der Waals surface area contributed by atoms with E-state index in [4.69, 9.17) is 9.15 Å². The zero-order chi connectivity index (χ0) is 12.5. The predicted octanol–water partition coefficient (Wildman–Crippen LogP) is 2.43. The van der Waals surface area contributed by atoms with Gasteiger partial charge in [-0.1, -0.05) is 0 Å². The van der Waals surface area contributed by atoms with Crippen LogP contribution in [0, 0.1) is 0 Å². The lowest BCUT2D eigenvalue weighted by molar-refractivity contribution is 0.0854. The van der Waals surface area contributed by atoms with Gasteiger partial charge in [-0.15, -0.1) is 0 Å². The quantitative estimate of drug-likeness (QED) is 0.914. The van der Waals surface area contributed by atoms with Crippen LogP contribution in [-0.2, 0) is 4.74 Å². The highest BCUT2D eigenvalue weighted by molar-refractivity contribution is 9.10. The van der Waals surface area contributed by atoms with Crippen LogP contribution in [-0.4, -0.2) is 30.1 Å². The molecule has 1 aliphatic rings. The fourth-order valence-electron chi connectivity index (χ4n) is 2.12. The Morgan fingerprint density at radius 1 is 1.56 bits per heavy atom. The number of rotatable bonds is 3. The van der Waals surface area contributed by atoms with Crippen molar-refractivity contribution in [2.24, 2.45) is 0 Å². The Bertz CT molecular complexity index is 537. The second kappa shape index (κ2) is 4.78. The van der Waals surface area contributed by atoms with Crippen molar-refractivity contribution in [2.75, 3.05) is 13.2 Å². The molecule has 1 aliphatic heterocycles. The molecular weight excluding hydrogens is 300 g/mol. The maximum absolute atomic E-state index is 11.9. The summed E-state index contributed by atoms with van der Waals surface area (Å²) < 4.78 is 11.5. The molecule has 0 spiro atoms. The highest BCUT2D eigenvalue weighted by atomic mass is 79.9. The fraction of sp³-hybridized carbons (Fsp3) is 0.417. The van der Waals surface area contributed by atoms with Gasteiger partial charge in [-0.25, -0.2) is 0 Å². The summed E-state index contributed by atoms with van der Waals surface area (Å²) in [5.41, 5.74) is 1.99. The molecule has 18 heavy (non-hydrogen) atoms. The third-order valence-electron chi connectivity index (χ3n) is 3.03. The molecule has 1 unspecified atom stereocenters. The maximum atomic E-state index is 11.9. The Labute approximate surface area is 112 Å². The van der Waals surface area contributed by atoms with Crippen molar-refractivity contribution in [3.05, 3.63) is 22.5 Å². The van der Waals surface area contributed by atoms with E-state index in [0.29, 0.717) is 22.5 Å². The fourth-order valence-corrected chi connectivity index (χ4v) is 2.52. The molecule has 6 heteroatoms. The lowest BCUT2D eigenvalue weighted by Crippen LogP contribution is -2.31. The van der Waals surface area contributed by atoms with Crippen molar-refractivity contribution >= 4 is 32.9 Å². The molecule has 5 nitrogen and oxygen atoms in total. The first-order chi connectivity index (χ1) is 8.72. The van der Waals surface area contributed by atoms with Crippen LogP contribution in [0.3, 0.4) is 0 Å². The molecule has 1 amide bonds. The van der Waals surface area contributed by atoms with Gasteiger partial charge < -0.3 is 19.5 Å². The summed E-state index contributed by atoms with van der Waals surface area (Å²) in [5, 5.41) is 2.86. The first-order valence-electron chi connectivity index (χ1n) is 5.90. The number of halogens is 1. The molecule has 3 rings (SSSR count). The van der Waals surface area contributed by atoms with Crippen molar-refractivity contribution in [1.82, 2.24) is 10.3 Å². The number of aromatic nitrogens is 1. The van der Waals surface area contributed by atoms with Crippen LogP contribution in [0.2, 0.25) is 0 Å². The summed E-state index contributed by atoms with van der Waals surface area (Å²) in [7, 11) is 0. The van der Waals surface area contributed by atoms with Crippen molar-refractivity contribution in [2.45, 2.75) is 18.9 Å². The summed E-state index contributed by atoms with van der Waals surface area (Å²) in [5.74, 6) is -0.131. The van der Waals surface area contributed by atoms with Crippen molar-refractivity contribution < 1.29 is 13.9 Å². The number of carbonyl (C=O) groups is 1. The lowest BCUT2D eigenvalue weighted by Gasteiger charge is -2.09. The van der Waals surface area contributed by atoms with E-state index in [0.717, 1.165) is 25.0 Å². The lowest BCUT2D eigenvalue weighted by atomic mass is 10.2.